The van der Waals surface area contributed by atoms with Crippen molar-refractivity contribution < 1.29 is 9.21 Å². The quantitative estimate of drug-likeness (QED) is 0.726. The van der Waals surface area contributed by atoms with Gasteiger partial charge in [-0.3, -0.25) is 4.79 Å². The highest BCUT2D eigenvalue weighted by Crippen LogP contribution is 2.30. The van der Waals surface area contributed by atoms with Gasteiger partial charge in [0.05, 0.1) is 0 Å². The highest BCUT2D eigenvalue weighted by Gasteiger charge is 2.25. The van der Waals surface area contributed by atoms with Gasteiger partial charge in [-0.25, -0.2) is 0 Å². The van der Waals surface area contributed by atoms with E-state index in [1.165, 1.54) is 5.57 Å². The van der Waals surface area contributed by atoms with Gasteiger partial charge in [-0.15, -0.1) is 0 Å². The maximum Gasteiger partial charge on any atom is 0.289 e. The molecule has 1 aliphatic heterocycles. The molecule has 18 heavy (non-hydrogen) atoms. The predicted octanol–water partition coefficient (Wildman–Crippen LogP) is 3.75. The molecule has 0 aromatic carbocycles. The third-order valence-electron chi connectivity index (χ3n) is 3.24. The molecule has 0 atom stereocenters. The Morgan fingerprint density at radius 2 is 2.11 bits per heavy atom. The third-order valence-corrected chi connectivity index (χ3v) is 3.45. The molecule has 0 radical (unpaired) electrons. The predicted molar refractivity (Wildman–Crippen MR) is 71.8 cm³/mol. The first-order valence-electron chi connectivity index (χ1n) is 6.12. The van der Waals surface area contributed by atoms with Crippen LogP contribution in [-0.2, 0) is 0 Å². The number of hydrogen-bond donors (Lipinski definition) is 0. The van der Waals surface area contributed by atoms with Crippen LogP contribution in [-0.4, -0.2) is 23.9 Å². The van der Waals surface area contributed by atoms with E-state index in [2.05, 4.69) is 26.8 Å². The average molecular weight is 268 g/mol. The Kier molecular flexibility index (Phi) is 3.53. The summed E-state index contributed by atoms with van der Waals surface area (Å²) in [6, 6.07) is 3.21. The summed E-state index contributed by atoms with van der Waals surface area (Å²) in [4.78, 5) is 13.9. The van der Waals surface area contributed by atoms with E-state index in [0.29, 0.717) is 12.3 Å². The molecule has 98 valence electrons. The second-order valence-electron chi connectivity index (χ2n) is 5.58. The molecule has 0 unspecified atom stereocenters. The first-order chi connectivity index (χ1) is 8.38. The second-order valence-corrected chi connectivity index (χ2v) is 5.96. The fourth-order valence-corrected chi connectivity index (χ4v) is 2.27. The number of nitrogens with zero attached hydrogens (tertiary/aromatic N) is 1. The number of furan rings is 1. The van der Waals surface area contributed by atoms with Crippen LogP contribution in [0.2, 0.25) is 5.22 Å². The largest absolute Gasteiger partial charge is 0.440 e. The van der Waals surface area contributed by atoms with Crippen LogP contribution in [0.3, 0.4) is 0 Å². The Labute approximate surface area is 112 Å². The molecule has 0 spiro atoms. The number of amides is 1. The van der Waals surface area contributed by atoms with Crippen molar-refractivity contribution >= 4 is 17.5 Å². The van der Waals surface area contributed by atoms with Gasteiger partial charge in [0.1, 0.15) is 0 Å². The SMILES string of the molecule is CC(C)(C)C1=CCN(C(=O)c2ccc(Cl)o2)CC1. The molecule has 1 aromatic heterocycles. The van der Waals surface area contributed by atoms with E-state index < -0.39 is 0 Å². The van der Waals surface area contributed by atoms with Crippen LogP contribution in [0, 0.1) is 5.41 Å². The molecule has 0 fully saturated rings. The van der Waals surface area contributed by atoms with E-state index in [9.17, 15) is 4.79 Å². The lowest BCUT2D eigenvalue weighted by Gasteiger charge is -2.31. The summed E-state index contributed by atoms with van der Waals surface area (Å²) in [5.41, 5.74) is 1.59. The van der Waals surface area contributed by atoms with Crippen molar-refractivity contribution in [1.29, 1.82) is 0 Å². The molecule has 1 aliphatic rings. The van der Waals surface area contributed by atoms with Crippen LogP contribution in [0.4, 0.5) is 0 Å². The molecule has 2 heterocycles. The van der Waals surface area contributed by atoms with E-state index in [1.807, 2.05) is 0 Å². The lowest BCUT2D eigenvalue weighted by Crippen LogP contribution is -2.36. The zero-order valence-corrected chi connectivity index (χ0v) is 11.8. The van der Waals surface area contributed by atoms with Gasteiger partial charge in [0.2, 0.25) is 0 Å². The first-order valence-corrected chi connectivity index (χ1v) is 6.50. The summed E-state index contributed by atoms with van der Waals surface area (Å²) < 4.78 is 5.15. The van der Waals surface area contributed by atoms with Crippen molar-refractivity contribution in [3.8, 4) is 0 Å². The summed E-state index contributed by atoms with van der Waals surface area (Å²) in [6.07, 6.45) is 3.07. The lowest BCUT2D eigenvalue weighted by atomic mass is 9.83. The normalized spacial score (nSPS) is 16.7. The molecular formula is C14H18ClNO2. The molecule has 0 bridgehead atoms. The van der Waals surface area contributed by atoms with E-state index >= 15 is 0 Å². The van der Waals surface area contributed by atoms with Gasteiger partial charge in [-0.2, -0.15) is 0 Å². The van der Waals surface area contributed by atoms with Gasteiger partial charge in [-0.05, 0) is 35.6 Å². The topological polar surface area (TPSA) is 33.5 Å². The van der Waals surface area contributed by atoms with Crippen LogP contribution in [0.25, 0.3) is 0 Å². The van der Waals surface area contributed by atoms with Crippen molar-refractivity contribution in [2.75, 3.05) is 13.1 Å². The van der Waals surface area contributed by atoms with Gasteiger partial charge in [0.25, 0.3) is 5.91 Å². The number of halogens is 1. The summed E-state index contributed by atoms with van der Waals surface area (Å²) in [6.45, 7) is 7.97. The first kappa shape index (κ1) is 13.2. The van der Waals surface area contributed by atoms with Gasteiger partial charge in [0.15, 0.2) is 11.0 Å². The van der Waals surface area contributed by atoms with Crippen molar-refractivity contribution in [3.63, 3.8) is 0 Å². The average Bonchev–Trinajstić information content (AvgIpc) is 2.74. The Balaban J connectivity index is 2.06. The maximum absolute atomic E-state index is 12.1. The fourth-order valence-electron chi connectivity index (χ4n) is 2.12. The summed E-state index contributed by atoms with van der Waals surface area (Å²) in [5, 5.41) is 0.251. The molecule has 0 saturated heterocycles. The van der Waals surface area contributed by atoms with Crippen LogP contribution in [0.15, 0.2) is 28.2 Å². The van der Waals surface area contributed by atoms with Gasteiger partial charge in [-0.1, -0.05) is 32.4 Å². The Morgan fingerprint density at radius 3 is 2.56 bits per heavy atom. The van der Waals surface area contributed by atoms with Crippen LogP contribution < -0.4 is 0 Å². The Morgan fingerprint density at radius 1 is 1.39 bits per heavy atom. The van der Waals surface area contributed by atoms with Crippen LogP contribution in [0.1, 0.15) is 37.7 Å². The minimum atomic E-state index is -0.0916. The van der Waals surface area contributed by atoms with Gasteiger partial charge in [0, 0.05) is 13.1 Å². The highest BCUT2D eigenvalue weighted by atomic mass is 35.5. The summed E-state index contributed by atoms with van der Waals surface area (Å²) in [5.74, 6) is 0.221. The van der Waals surface area contributed by atoms with Gasteiger partial charge < -0.3 is 9.32 Å². The summed E-state index contributed by atoms with van der Waals surface area (Å²) in [7, 11) is 0. The number of carbonyl (C=O) groups is 1. The smallest absolute Gasteiger partial charge is 0.289 e. The number of carbonyl (C=O) groups excluding carboxylic acids is 1. The van der Waals surface area contributed by atoms with E-state index in [0.717, 1.165) is 13.0 Å². The van der Waals surface area contributed by atoms with Crippen LogP contribution in [0.5, 0.6) is 0 Å². The molecule has 1 amide bonds. The Hall–Kier alpha value is -1.22. The maximum atomic E-state index is 12.1. The Bertz CT molecular complexity index is 482. The summed E-state index contributed by atoms with van der Waals surface area (Å²) >= 11 is 5.68. The second kappa shape index (κ2) is 4.81. The van der Waals surface area contributed by atoms with E-state index in [-0.39, 0.29) is 16.5 Å². The van der Waals surface area contributed by atoms with Crippen LogP contribution >= 0.6 is 11.6 Å². The molecule has 0 saturated carbocycles. The third kappa shape index (κ3) is 2.78. The minimum Gasteiger partial charge on any atom is -0.440 e. The molecule has 4 heteroatoms. The van der Waals surface area contributed by atoms with Crippen molar-refractivity contribution in [2.45, 2.75) is 27.2 Å². The fraction of sp³-hybridized carbons (Fsp3) is 0.500. The zero-order chi connectivity index (χ0) is 13.3. The number of hydrogen-bond acceptors (Lipinski definition) is 2. The van der Waals surface area contributed by atoms with Gasteiger partial charge >= 0.3 is 0 Å². The molecule has 0 aliphatic carbocycles. The molecule has 0 N–H and O–H groups in total. The zero-order valence-electron chi connectivity index (χ0n) is 11.0. The molecule has 3 nitrogen and oxygen atoms in total. The van der Waals surface area contributed by atoms with Crippen molar-refractivity contribution in [1.82, 2.24) is 4.90 Å². The molecule has 2 rings (SSSR count). The van der Waals surface area contributed by atoms with Crippen molar-refractivity contribution in [3.05, 3.63) is 34.8 Å². The highest BCUT2D eigenvalue weighted by molar-refractivity contribution is 6.29. The van der Waals surface area contributed by atoms with E-state index in [1.54, 1.807) is 17.0 Å². The van der Waals surface area contributed by atoms with Crippen molar-refractivity contribution in [2.24, 2.45) is 5.41 Å². The molecular weight excluding hydrogens is 250 g/mol. The number of rotatable bonds is 1. The lowest BCUT2D eigenvalue weighted by molar-refractivity contribution is 0.0733. The molecule has 1 aromatic rings. The monoisotopic (exact) mass is 267 g/mol. The van der Waals surface area contributed by atoms with E-state index in [4.69, 9.17) is 16.0 Å². The minimum absolute atomic E-state index is 0.0916. The standard InChI is InChI=1S/C14H18ClNO2/c1-14(2,3)10-6-8-16(9-7-10)13(17)11-4-5-12(15)18-11/h4-6H,7-9H2,1-3H3.